The van der Waals surface area contributed by atoms with E-state index < -0.39 is 0 Å². The first-order chi connectivity index (χ1) is 8.97. The molecule has 1 aliphatic rings. The Morgan fingerprint density at radius 3 is 2.68 bits per heavy atom. The van der Waals surface area contributed by atoms with Gasteiger partial charge in [-0.3, -0.25) is 0 Å². The van der Waals surface area contributed by atoms with E-state index in [-0.39, 0.29) is 12.1 Å². The van der Waals surface area contributed by atoms with Gasteiger partial charge < -0.3 is 4.74 Å². The number of esters is 1. The zero-order chi connectivity index (χ0) is 14.0. The summed E-state index contributed by atoms with van der Waals surface area (Å²) in [5.74, 6) is 1.08. The van der Waals surface area contributed by atoms with Crippen molar-refractivity contribution < 1.29 is 9.53 Å². The standard InChI is InChI=1S/C15H19BrO2S/c1-9-3-5-12(7-10(9)2)18-15(17)13-6-4-11(16)8-14(13)19/h4,6,8-10,12,19H,3,5,7H2,1-2H3. The molecule has 19 heavy (non-hydrogen) atoms. The molecule has 104 valence electrons. The molecule has 2 nitrogen and oxygen atoms in total. The zero-order valence-electron chi connectivity index (χ0n) is 11.2. The summed E-state index contributed by atoms with van der Waals surface area (Å²) in [4.78, 5) is 12.8. The molecule has 0 bridgehead atoms. The largest absolute Gasteiger partial charge is 0.459 e. The van der Waals surface area contributed by atoms with Crippen LogP contribution in [0.2, 0.25) is 0 Å². The number of hydrogen-bond acceptors (Lipinski definition) is 3. The average Bonchev–Trinajstić information content (AvgIpc) is 2.33. The maximum Gasteiger partial charge on any atom is 0.339 e. The lowest BCUT2D eigenvalue weighted by molar-refractivity contribution is 0.00843. The normalized spacial score (nSPS) is 27.1. The fourth-order valence-corrected chi connectivity index (χ4v) is 3.34. The summed E-state index contributed by atoms with van der Waals surface area (Å²) >= 11 is 7.68. The average molecular weight is 343 g/mol. The molecule has 2 rings (SSSR count). The second-order valence-corrected chi connectivity index (χ2v) is 6.85. The fraction of sp³-hybridized carbons (Fsp3) is 0.533. The van der Waals surface area contributed by atoms with Crippen LogP contribution in [0.3, 0.4) is 0 Å². The smallest absolute Gasteiger partial charge is 0.339 e. The SMILES string of the molecule is CC1CCC(OC(=O)c2ccc(Br)cc2S)CC1C. The lowest BCUT2D eigenvalue weighted by Gasteiger charge is -2.31. The molecule has 0 heterocycles. The molecule has 1 aliphatic carbocycles. The third kappa shape index (κ3) is 3.76. The van der Waals surface area contributed by atoms with Gasteiger partial charge in [0.2, 0.25) is 0 Å². The van der Waals surface area contributed by atoms with Crippen molar-refractivity contribution in [2.75, 3.05) is 0 Å². The van der Waals surface area contributed by atoms with E-state index in [1.807, 2.05) is 12.1 Å². The summed E-state index contributed by atoms with van der Waals surface area (Å²) < 4.78 is 6.52. The molecule has 1 fully saturated rings. The number of rotatable bonds is 2. The Hall–Kier alpha value is -0.480. The Morgan fingerprint density at radius 1 is 1.32 bits per heavy atom. The van der Waals surface area contributed by atoms with Gasteiger partial charge >= 0.3 is 5.97 Å². The Bertz CT molecular complexity index is 475. The molecule has 0 N–H and O–H groups in total. The van der Waals surface area contributed by atoms with Crippen molar-refractivity contribution >= 4 is 34.5 Å². The van der Waals surface area contributed by atoms with Gasteiger partial charge in [0.1, 0.15) is 6.10 Å². The van der Waals surface area contributed by atoms with Crippen molar-refractivity contribution in [1.82, 2.24) is 0 Å². The van der Waals surface area contributed by atoms with Crippen LogP contribution in [-0.4, -0.2) is 12.1 Å². The maximum absolute atomic E-state index is 12.1. The second kappa shape index (κ2) is 6.31. The number of carbonyl (C=O) groups is 1. The van der Waals surface area contributed by atoms with Crippen LogP contribution in [0.4, 0.5) is 0 Å². The van der Waals surface area contributed by atoms with Crippen molar-refractivity contribution in [1.29, 1.82) is 0 Å². The molecule has 0 radical (unpaired) electrons. The molecule has 0 saturated heterocycles. The maximum atomic E-state index is 12.1. The van der Waals surface area contributed by atoms with Crippen LogP contribution in [0, 0.1) is 11.8 Å². The Morgan fingerprint density at radius 2 is 2.05 bits per heavy atom. The van der Waals surface area contributed by atoms with Crippen LogP contribution >= 0.6 is 28.6 Å². The first-order valence-electron chi connectivity index (χ1n) is 6.67. The summed E-state index contributed by atoms with van der Waals surface area (Å²) in [7, 11) is 0. The Kier molecular flexibility index (Phi) is 4.96. The minimum absolute atomic E-state index is 0.0510. The summed E-state index contributed by atoms with van der Waals surface area (Å²) in [6.07, 6.45) is 3.11. The van der Waals surface area contributed by atoms with E-state index in [0.29, 0.717) is 16.4 Å². The van der Waals surface area contributed by atoms with E-state index in [9.17, 15) is 4.79 Å². The van der Waals surface area contributed by atoms with Crippen LogP contribution in [0.1, 0.15) is 43.5 Å². The topological polar surface area (TPSA) is 26.3 Å². The van der Waals surface area contributed by atoms with Gasteiger partial charge in [0, 0.05) is 9.37 Å². The van der Waals surface area contributed by atoms with Crippen LogP contribution < -0.4 is 0 Å². The first-order valence-corrected chi connectivity index (χ1v) is 7.91. The molecule has 1 aromatic carbocycles. The minimum atomic E-state index is -0.260. The van der Waals surface area contributed by atoms with E-state index in [1.54, 1.807) is 6.07 Å². The molecule has 0 aliphatic heterocycles. The van der Waals surface area contributed by atoms with Crippen molar-refractivity contribution in [3.8, 4) is 0 Å². The fourth-order valence-electron chi connectivity index (χ4n) is 2.50. The van der Waals surface area contributed by atoms with Crippen LogP contribution in [0.5, 0.6) is 0 Å². The van der Waals surface area contributed by atoms with Gasteiger partial charge in [-0.1, -0.05) is 29.8 Å². The summed E-state index contributed by atoms with van der Waals surface area (Å²) in [5, 5.41) is 0. The van der Waals surface area contributed by atoms with Crippen molar-refractivity contribution in [2.45, 2.75) is 44.1 Å². The molecule has 1 saturated carbocycles. The predicted molar refractivity (Wildman–Crippen MR) is 82.8 cm³/mol. The summed E-state index contributed by atoms with van der Waals surface area (Å²) in [6.45, 7) is 4.50. The van der Waals surface area contributed by atoms with E-state index >= 15 is 0 Å². The highest BCUT2D eigenvalue weighted by molar-refractivity contribution is 9.10. The molecule has 0 amide bonds. The van der Waals surface area contributed by atoms with Crippen molar-refractivity contribution in [3.63, 3.8) is 0 Å². The van der Waals surface area contributed by atoms with Gasteiger partial charge in [0.05, 0.1) is 5.56 Å². The van der Waals surface area contributed by atoms with Gasteiger partial charge in [0.15, 0.2) is 0 Å². The van der Waals surface area contributed by atoms with E-state index in [0.717, 1.165) is 29.7 Å². The van der Waals surface area contributed by atoms with Gasteiger partial charge in [-0.15, -0.1) is 12.6 Å². The van der Waals surface area contributed by atoms with Crippen LogP contribution in [0.15, 0.2) is 27.6 Å². The molecular weight excluding hydrogens is 324 g/mol. The quantitative estimate of drug-likeness (QED) is 0.621. The van der Waals surface area contributed by atoms with Gasteiger partial charge in [-0.2, -0.15) is 0 Å². The highest BCUT2D eigenvalue weighted by Crippen LogP contribution is 2.31. The second-order valence-electron chi connectivity index (χ2n) is 5.46. The molecule has 3 atom stereocenters. The first kappa shape index (κ1) is 14.9. The molecule has 4 heteroatoms. The van der Waals surface area contributed by atoms with E-state index in [1.165, 1.54) is 0 Å². The molecular formula is C15H19BrO2S. The highest BCUT2D eigenvalue weighted by Gasteiger charge is 2.27. The third-order valence-corrected chi connectivity index (χ3v) is 4.87. The number of ether oxygens (including phenoxy) is 1. The van der Waals surface area contributed by atoms with E-state index in [4.69, 9.17) is 4.74 Å². The van der Waals surface area contributed by atoms with Crippen molar-refractivity contribution in [3.05, 3.63) is 28.2 Å². The van der Waals surface area contributed by atoms with Crippen LogP contribution in [-0.2, 0) is 4.74 Å². The molecule has 1 aromatic rings. The lowest BCUT2D eigenvalue weighted by atomic mass is 9.80. The van der Waals surface area contributed by atoms with Crippen molar-refractivity contribution in [2.24, 2.45) is 11.8 Å². The predicted octanol–water partition coefficient (Wildman–Crippen LogP) is 4.72. The summed E-state index contributed by atoms with van der Waals surface area (Å²) in [5.41, 5.74) is 0.540. The van der Waals surface area contributed by atoms with Crippen LogP contribution in [0.25, 0.3) is 0 Å². The highest BCUT2D eigenvalue weighted by atomic mass is 79.9. The molecule has 0 spiro atoms. The Labute approximate surface area is 128 Å². The zero-order valence-corrected chi connectivity index (χ0v) is 13.7. The number of thiol groups is 1. The number of hydrogen-bond donors (Lipinski definition) is 1. The Balaban J connectivity index is 2.01. The lowest BCUT2D eigenvalue weighted by Crippen LogP contribution is -2.28. The number of benzene rings is 1. The van der Waals surface area contributed by atoms with Gasteiger partial charge in [0.25, 0.3) is 0 Å². The third-order valence-electron chi connectivity index (χ3n) is 4.00. The van der Waals surface area contributed by atoms with E-state index in [2.05, 4.69) is 42.4 Å². The molecule has 0 aromatic heterocycles. The summed E-state index contributed by atoms with van der Waals surface area (Å²) in [6, 6.07) is 5.40. The van der Waals surface area contributed by atoms with Gasteiger partial charge in [-0.25, -0.2) is 4.79 Å². The number of halogens is 1. The minimum Gasteiger partial charge on any atom is -0.459 e. The molecule has 3 unspecified atom stereocenters. The van der Waals surface area contributed by atoms with Gasteiger partial charge in [-0.05, 0) is 49.3 Å². The monoisotopic (exact) mass is 342 g/mol. The number of carbonyl (C=O) groups excluding carboxylic acids is 1.